The van der Waals surface area contributed by atoms with Gasteiger partial charge in [-0.2, -0.15) is 5.26 Å². The smallest absolute Gasteiger partial charge is 0.247 e. The molecule has 0 aliphatic carbocycles. The summed E-state index contributed by atoms with van der Waals surface area (Å²) in [6.45, 7) is 2.91. The highest BCUT2D eigenvalue weighted by molar-refractivity contribution is 7.10. The van der Waals surface area contributed by atoms with Gasteiger partial charge < -0.3 is 4.90 Å². The van der Waals surface area contributed by atoms with E-state index in [0.29, 0.717) is 5.56 Å². The van der Waals surface area contributed by atoms with E-state index < -0.39 is 0 Å². The van der Waals surface area contributed by atoms with E-state index in [2.05, 4.69) is 24.4 Å². The van der Waals surface area contributed by atoms with Gasteiger partial charge in [-0.25, -0.2) is 0 Å². The fourth-order valence-corrected chi connectivity index (χ4v) is 3.96. The highest BCUT2D eigenvalue weighted by Crippen LogP contribution is 2.35. The first kappa shape index (κ1) is 15.5. The summed E-state index contributed by atoms with van der Waals surface area (Å²) < 4.78 is 0. The fourth-order valence-electron chi connectivity index (χ4n) is 3.03. The van der Waals surface area contributed by atoms with Crippen LogP contribution in [0.15, 0.2) is 41.8 Å². The molecule has 2 aromatic rings. The molecule has 3 nitrogen and oxygen atoms in total. The average molecular weight is 322 g/mol. The molecule has 0 radical (unpaired) electrons. The predicted molar refractivity (Wildman–Crippen MR) is 93.0 cm³/mol. The first-order valence-electron chi connectivity index (χ1n) is 7.78. The first-order valence-corrected chi connectivity index (χ1v) is 8.66. The van der Waals surface area contributed by atoms with Gasteiger partial charge in [0.15, 0.2) is 0 Å². The molecule has 116 valence electrons. The Morgan fingerprint density at radius 1 is 1.39 bits per heavy atom. The standard InChI is InChI=1S/C19H18N2OS/c1-2-17-16-10-12-23-18(16)9-11-21(17)19(22)8-7-14-3-5-15(13-20)6-4-14/h3-8,10,12,17H,2,9,11H2,1H3. The van der Waals surface area contributed by atoms with E-state index in [1.807, 2.05) is 23.1 Å². The van der Waals surface area contributed by atoms with Crippen LogP contribution in [0.2, 0.25) is 0 Å². The van der Waals surface area contributed by atoms with Crippen molar-refractivity contribution in [3.05, 3.63) is 63.4 Å². The maximum Gasteiger partial charge on any atom is 0.247 e. The van der Waals surface area contributed by atoms with Crippen LogP contribution in [0, 0.1) is 11.3 Å². The van der Waals surface area contributed by atoms with E-state index in [1.165, 1.54) is 10.4 Å². The lowest BCUT2D eigenvalue weighted by Crippen LogP contribution is -2.38. The summed E-state index contributed by atoms with van der Waals surface area (Å²) >= 11 is 1.79. The van der Waals surface area contributed by atoms with Crippen molar-refractivity contribution >= 4 is 23.3 Å². The molecule has 0 N–H and O–H groups in total. The summed E-state index contributed by atoms with van der Waals surface area (Å²) in [6, 6.07) is 11.7. The average Bonchev–Trinajstić information content (AvgIpc) is 3.07. The molecule has 3 rings (SSSR count). The zero-order valence-electron chi connectivity index (χ0n) is 13.0. The molecule has 2 heterocycles. The van der Waals surface area contributed by atoms with Crippen molar-refractivity contribution in [3.63, 3.8) is 0 Å². The molecule has 0 fully saturated rings. The minimum Gasteiger partial charge on any atom is -0.332 e. The maximum absolute atomic E-state index is 12.6. The van der Waals surface area contributed by atoms with Crippen molar-refractivity contribution in [2.24, 2.45) is 0 Å². The minimum atomic E-state index is 0.0538. The number of nitriles is 1. The van der Waals surface area contributed by atoms with Gasteiger partial charge in [-0.1, -0.05) is 19.1 Å². The van der Waals surface area contributed by atoms with Gasteiger partial charge in [0.25, 0.3) is 0 Å². The van der Waals surface area contributed by atoms with Gasteiger partial charge in [0.2, 0.25) is 5.91 Å². The molecule has 1 aromatic heterocycles. The van der Waals surface area contributed by atoms with Gasteiger partial charge in [0, 0.05) is 17.5 Å². The molecule has 1 aliphatic heterocycles. The summed E-state index contributed by atoms with van der Waals surface area (Å²) in [4.78, 5) is 16.0. The number of nitrogens with zero attached hydrogens (tertiary/aromatic N) is 2. The second-order valence-electron chi connectivity index (χ2n) is 5.57. The molecule has 0 saturated carbocycles. The number of thiophene rings is 1. The topological polar surface area (TPSA) is 44.1 Å². The Hall–Kier alpha value is -2.38. The zero-order chi connectivity index (χ0) is 16.2. The largest absolute Gasteiger partial charge is 0.332 e. The number of hydrogen-bond acceptors (Lipinski definition) is 3. The number of benzene rings is 1. The van der Waals surface area contributed by atoms with Gasteiger partial charge in [0.1, 0.15) is 0 Å². The van der Waals surface area contributed by atoms with Crippen LogP contribution < -0.4 is 0 Å². The molecule has 1 atom stereocenters. The van der Waals surface area contributed by atoms with E-state index in [-0.39, 0.29) is 11.9 Å². The quantitative estimate of drug-likeness (QED) is 0.796. The van der Waals surface area contributed by atoms with Crippen molar-refractivity contribution < 1.29 is 4.79 Å². The normalized spacial score (nSPS) is 17.0. The van der Waals surface area contributed by atoms with Gasteiger partial charge in [0.05, 0.1) is 17.7 Å². The molecular formula is C19H18N2OS. The second-order valence-corrected chi connectivity index (χ2v) is 6.57. The molecule has 1 aliphatic rings. The van der Waals surface area contributed by atoms with Gasteiger partial charge >= 0.3 is 0 Å². The van der Waals surface area contributed by atoms with Gasteiger partial charge in [-0.3, -0.25) is 4.79 Å². The Morgan fingerprint density at radius 3 is 2.87 bits per heavy atom. The minimum absolute atomic E-state index is 0.0538. The molecule has 0 bridgehead atoms. The molecule has 0 saturated heterocycles. The number of hydrogen-bond donors (Lipinski definition) is 0. The van der Waals surface area contributed by atoms with Crippen LogP contribution in [0.5, 0.6) is 0 Å². The number of amides is 1. The zero-order valence-corrected chi connectivity index (χ0v) is 13.8. The molecular weight excluding hydrogens is 304 g/mol. The summed E-state index contributed by atoms with van der Waals surface area (Å²) in [6.07, 6.45) is 5.33. The molecule has 1 amide bonds. The van der Waals surface area contributed by atoms with E-state index in [4.69, 9.17) is 5.26 Å². The third-order valence-electron chi connectivity index (χ3n) is 4.22. The van der Waals surface area contributed by atoms with E-state index in [0.717, 1.165) is 24.9 Å². The third kappa shape index (κ3) is 3.20. The molecule has 1 unspecified atom stereocenters. The van der Waals surface area contributed by atoms with E-state index >= 15 is 0 Å². The van der Waals surface area contributed by atoms with Crippen LogP contribution in [0.1, 0.15) is 41.0 Å². The monoisotopic (exact) mass is 322 g/mol. The van der Waals surface area contributed by atoms with Gasteiger partial charge in [-0.15, -0.1) is 11.3 Å². The SMILES string of the molecule is CCC1c2ccsc2CCN1C(=O)C=Cc1ccc(C#N)cc1. The Kier molecular flexibility index (Phi) is 4.59. The lowest BCUT2D eigenvalue weighted by Gasteiger charge is -2.34. The van der Waals surface area contributed by atoms with Crippen molar-refractivity contribution in [2.45, 2.75) is 25.8 Å². The highest BCUT2D eigenvalue weighted by Gasteiger charge is 2.29. The second kappa shape index (κ2) is 6.80. The van der Waals surface area contributed by atoms with E-state index in [9.17, 15) is 4.79 Å². The van der Waals surface area contributed by atoms with Crippen molar-refractivity contribution in [1.29, 1.82) is 5.26 Å². The first-order chi connectivity index (χ1) is 11.2. The van der Waals surface area contributed by atoms with Crippen LogP contribution in [-0.4, -0.2) is 17.4 Å². The van der Waals surface area contributed by atoms with Crippen LogP contribution in [0.4, 0.5) is 0 Å². The fraction of sp³-hybridized carbons (Fsp3) is 0.263. The Labute approximate surface area is 140 Å². The van der Waals surface area contributed by atoms with Gasteiger partial charge in [-0.05, 0) is 53.6 Å². The van der Waals surface area contributed by atoms with Crippen LogP contribution >= 0.6 is 11.3 Å². The predicted octanol–water partition coefficient (Wildman–Crippen LogP) is 4.17. The maximum atomic E-state index is 12.6. The van der Waals surface area contributed by atoms with Crippen LogP contribution in [-0.2, 0) is 11.2 Å². The van der Waals surface area contributed by atoms with E-state index in [1.54, 1.807) is 29.5 Å². The molecule has 23 heavy (non-hydrogen) atoms. The molecule has 4 heteroatoms. The van der Waals surface area contributed by atoms with Crippen molar-refractivity contribution in [3.8, 4) is 6.07 Å². The number of carbonyl (C=O) groups excluding carboxylic acids is 1. The summed E-state index contributed by atoms with van der Waals surface area (Å²) in [5, 5.41) is 10.9. The Bertz CT molecular complexity index is 767. The van der Waals surface area contributed by atoms with Crippen molar-refractivity contribution in [2.75, 3.05) is 6.54 Å². The van der Waals surface area contributed by atoms with Crippen molar-refractivity contribution in [1.82, 2.24) is 4.90 Å². The number of rotatable bonds is 3. The highest BCUT2D eigenvalue weighted by atomic mass is 32.1. The Morgan fingerprint density at radius 2 is 2.17 bits per heavy atom. The lowest BCUT2D eigenvalue weighted by molar-refractivity contribution is -0.128. The lowest BCUT2D eigenvalue weighted by atomic mass is 9.97. The summed E-state index contributed by atoms with van der Waals surface area (Å²) in [5.41, 5.74) is 2.86. The Balaban J connectivity index is 1.75. The summed E-state index contributed by atoms with van der Waals surface area (Å²) in [7, 11) is 0. The number of fused-ring (bicyclic) bond motifs is 1. The van der Waals surface area contributed by atoms with Crippen LogP contribution in [0.25, 0.3) is 6.08 Å². The number of carbonyl (C=O) groups is 1. The molecule has 1 aromatic carbocycles. The third-order valence-corrected chi connectivity index (χ3v) is 5.22. The summed E-state index contributed by atoms with van der Waals surface area (Å²) in [5.74, 6) is 0.0538. The van der Waals surface area contributed by atoms with Crippen LogP contribution in [0.3, 0.4) is 0 Å². The molecule has 0 spiro atoms.